The van der Waals surface area contributed by atoms with Crippen LogP contribution < -0.4 is 4.74 Å². The molecule has 0 unspecified atom stereocenters. The minimum absolute atomic E-state index is 0.217. The number of rotatable bonds is 1. The number of piperidine rings is 2. The lowest BCUT2D eigenvalue weighted by Gasteiger charge is -2.33. The van der Waals surface area contributed by atoms with Crippen molar-refractivity contribution in [1.29, 1.82) is 0 Å². The zero-order valence-corrected chi connectivity index (χ0v) is 11.5. The molecule has 0 spiro atoms. The molecule has 1 amide bonds. The Hall–Kier alpha value is -1.90. The highest BCUT2D eigenvalue weighted by atomic mass is 19.4. The number of carbonyl (C=O) groups excluding carboxylic acids is 1. The van der Waals surface area contributed by atoms with Gasteiger partial charge in [0.05, 0.1) is 18.0 Å². The largest absolute Gasteiger partial charge is 0.464 e. The summed E-state index contributed by atoms with van der Waals surface area (Å²) in [6.45, 7) is 0. The fraction of sp³-hybridized carbons (Fsp3) is 0.500. The summed E-state index contributed by atoms with van der Waals surface area (Å²) in [5.41, 5.74) is 0. The highest BCUT2D eigenvalue weighted by molar-refractivity contribution is 5.75. The third kappa shape index (κ3) is 1.95. The summed E-state index contributed by atoms with van der Waals surface area (Å²) in [4.78, 5) is 12.3. The topological polar surface area (TPSA) is 32.6 Å². The molecular weight excluding hydrogens is 323 g/mol. The first-order chi connectivity index (χ1) is 10.7. The van der Waals surface area contributed by atoms with E-state index in [0.29, 0.717) is 0 Å². The molecule has 9 heteroatoms. The third-order valence-electron chi connectivity index (χ3n) is 4.74. The van der Waals surface area contributed by atoms with Crippen LogP contribution in [-0.2, 0) is 0 Å². The van der Waals surface area contributed by atoms with Crippen LogP contribution in [0.1, 0.15) is 6.42 Å². The molecule has 0 N–H and O–H groups in total. The number of amides is 1. The monoisotopic (exact) mass is 334 g/mol. The maximum Gasteiger partial charge on any atom is 0.464 e. The van der Waals surface area contributed by atoms with Crippen molar-refractivity contribution >= 4 is 6.09 Å². The lowest BCUT2D eigenvalue weighted by molar-refractivity contribution is -0.339. The summed E-state index contributed by atoms with van der Waals surface area (Å²) >= 11 is 0. The highest BCUT2D eigenvalue weighted by Gasteiger charge is 2.82. The van der Waals surface area contributed by atoms with Gasteiger partial charge in [-0.3, -0.25) is 4.90 Å². The lowest BCUT2D eigenvalue weighted by atomic mass is 10.1. The molecule has 0 radical (unpaired) electrons. The molecule has 0 aromatic heterocycles. The molecule has 2 aliphatic heterocycles. The molecule has 3 aliphatic rings. The van der Waals surface area contributed by atoms with E-state index < -0.39 is 47.4 Å². The average Bonchev–Trinajstić information content (AvgIpc) is 2.98. The first-order valence-electron chi connectivity index (χ1n) is 7.02. The summed E-state index contributed by atoms with van der Waals surface area (Å²) in [5.74, 6) is -1.29. The SMILES string of the molecule is O=C(Oc1ccccc1)N1[C@@H]2[C@H]1[C@H]1C[C@H]2C(F)(F)N1C(F)(F)F. The Morgan fingerprint density at radius 1 is 1.17 bits per heavy atom. The number of hydrogen-bond acceptors (Lipinski definition) is 3. The number of fused-ring (bicyclic) bond motifs is 5. The highest BCUT2D eigenvalue weighted by Crippen LogP contribution is 2.63. The molecule has 1 aromatic carbocycles. The standard InChI is InChI=1S/C14H11F5N2O2/c15-13(16)8-6-9(21(13)14(17,18)19)11-10(8)20(11)12(22)23-7-4-2-1-3-5-7/h1-5,8-11H,6H2/t8-,9-,10+,11-,20?/m1/s1. The second-order valence-electron chi connectivity index (χ2n) is 5.90. The number of benzene rings is 1. The Morgan fingerprint density at radius 3 is 2.43 bits per heavy atom. The van der Waals surface area contributed by atoms with Gasteiger partial charge >= 0.3 is 18.4 Å². The number of halogens is 5. The van der Waals surface area contributed by atoms with Gasteiger partial charge < -0.3 is 4.74 Å². The zero-order chi connectivity index (χ0) is 16.6. The second-order valence-corrected chi connectivity index (χ2v) is 5.90. The number of likely N-dealkylation sites (tertiary alicyclic amines) is 2. The van der Waals surface area contributed by atoms with Gasteiger partial charge in [0.1, 0.15) is 5.75 Å². The smallest absolute Gasteiger partial charge is 0.410 e. The van der Waals surface area contributed by atoms with Crippen LogP contribution in [0.4, 0.5) is 26.7 Å². The Bertz CT molecular complexity index is 650. The molecule has 124 valence electrons. The molecule has 2 bridgehead atoms. The predicted molar refractivity (Wildman–Crippen MR) is 66.6 cm³/mol. The summed E-state index contributed by atoms with van der Waals surface area (Å²) in [6, 6.07) is 0.789. The van der Waals surface area contributed by atoms with E-state index in [4.69, 9.17) is 4.74 Å². The van der Waals surface area contributed by atoms with Crippen molar-refractivity contribution in [3.05, 3.63) is 30.3 Å². The zero-order valence-electron chi connectivity index (χ0n) is 11.5. The van der Waals surface area contributed by atoms with Crippen LogP contribution in [0.25, 0.3) is 0 Å². The molecule has 1 aliphatic carbocycles. The Kier molecular flexibility index (Phi) is 2.77. The molecule has 4 rings (SSSR count). The summed E-state index contributed by atoms with van der Waals surface area (Å²) < 4.78 is 71.6. The number of nitrogens with zero attached hydrogens (tertiary/aromatic N) is 2. The lowest BCUT2D eigenvalue weighted by Crippen LogP contribution is -2.56. The first kappa shape index (κ1) is 14.7. The van der Waals surface area contributed by atoms with E-state index in [2.05, 4.69) is 0 Å². The van der Waals surface area contributed by atoms with E-state index in [1.54, 1.807) is 18.2 Å². The van der Waals surface area contributed by atoms with Gasteiger partial charge in [0, 0.05) is 6.04 Å². The Labute approximate surface area is 127 Å². The molecule has 23 heavy (non-hydrogen) atoms. The number of carbonyl (C=O) groups is 1. The third-order valence-corrected chi connectivity index (χ3v) is 4.74. The van der Waals surface area contributed by atoms with E-state index in [-0.39, 0.29) is 12.2 Å². The second kappa shape index (κ2) is 4.34. The Balaban J connectivity index is 1.54. The molecular formula is C14H11F5N2O2. The van der Waals surface area contributed by atoms with Gasteiger partial charge in [0.25, 0.3) is 0 Å². The average molecular weight is 334 g/mol. The molecule has 3 fully saturated rings. The summed E-state index contributed by atoms with van der Waals surface area (Å²) in [6.07, 6.45) is -6.29. The molecule has 4 nitrogen and oxygen atoms in total. The van der Waals surface area contributed by atoms with Crippen LogP contribution in [0.5, 0.6) is 5.75 Å². The number of alkyl halides is 5. The van der Waals surface area contributed by atoms with Crippen molar-refractivity contribution in [1.82, 2.24) is 9.80 Å². The molecule has 1 aromatic rings. The number of ether oxygens (including phenoxy) is 1. The minimum Gasteiger partial charge on any atom is -0.410 e. The van der Waals surface area contributed by atoms with Gasteiger partial charge in [-0.2, -0.15) is 22.0 Å². The van der Waals surface area contributed by atoms with E-state index in [9.17, 15) is 26.7 Å². The first-order valence-corrected chi connectivity index (χ1v) is 7.02. The van der Waals surface area contributed by atoms with E-state index in [1.807, 2.05) is 0 Å². The van der Waals surface area contributed by atoms with Gasteiger partial charge in [-0.1, -0.05) is 18.2 Å². The normalized spacial score (nSPS) is 34.4. The van der Waals surface area contributed by atoms with Crippen molar-refractivity contribution in [2.45, 2.75) is 36.9 Å². The van der Waals surface area contributed by atoms with Crippen LogP contribution in [-0.4, -0.2) is 46.4 Å². The van der Waals surface area contributed by atoms with Crippen molar-refractivity contribution in [3.8, 4) is 5.75 Å². The van der Waals surface area contributed by atoms with Gasteiger partial charge in [-0.05, 0) is 18.6 Å². The van der Waals surface area contributed by atoms with Gasteiger partial charge in [-0.25, -0.2) is 4.79 Å². The van der Waals surface area contributed by atoms with Crippen LogP contribution in [0.15, 0.2) is 30.3 Å². The van der Waals surface area contributed by atoms with E-state index >= 15 is 0 Å². The van der Waals surface area contributed by atoms with E-state index in [1.165, 1.54) is 12.1 Å². The van der Waals surface area contributed by atoms with Crippen LogP contribution in [0, 0.1) is 5.92 Å². The summed E-state index contributed by atoms with van der Waals surface area (Å²) in [5, 5.41) is 0. The minimum atomic E-state index is -5.13. The number of para-hydroxylation sites is 1. The fourth-order valence-corrected chi connectivity index (χ4v) is 3.90. The van der Waals surface area contributed by atoms with Gasteiger partial charge in [0.2, 0.25) is 0 Å². The Morgan fingerprint density at radius 2 is 1.83 bits per heavy atom. The summed E-state index contributed by atoms with van der Waals surface area (Å²) in [7, 11) is 0. The molecule has 2 saturated heterocycles. The van der Waals surface area contributed by atoms with Crippen LogP contribution in [0.3, 0.4) is 0 Å². The van der Waals surface area contributed by atoms with Crippen molar-refractivity contribution in [3.63, 3.8) is 0 Å². The van der Waals surface area contributed by atoms with Crippen molar-refractivity contribution in [2.24, 2.45) is 5.92 Å². The molecule has 1 saturated carbocycles. The quantitative estimate of drug-likeness (QED) is 0.450. The van der Waals surface area contributed by atoms with Gasteiger partial charge in [-0.15, -0.1) is 4.90 Å². The van der Waals surface area contributed by atoms with Crippen molar-refractivity contribution in [2.75, 3.05) is 0 Å². The maximum absolute atomic E-state index is 14.0. The number of hydrogen-bond donors (Lipinski definition) is 0. The van der Waals surface area contributed by atoms with Gasteiger partial charge in [0.15, 0.2) is 0 Å². The molecule has 2 heterocycles. The van der Waals surface area contributed by atoms with E-state index in [0.717, 1.165) is 4.90 Å². The molecule has 4 atom stereocenters. The van der Waals surface area contributed by atoms with Crippen molar-refractivity contribution < 1.29 is 31.5 Å². The van der Waals surface area contributed by atoms with Crippen LogP contribution >= 0.6 is 0 Å². The predicted octanol–water partition coefficient (Wildman–Crippen LogP) is 3.05. The fourth-order valence-electron chi connectivity index (χ4n) is 3.90. The maximum atomic E-state index is 14.0. The van der Waals surface area contributed by atoms with Crippen LogP contribution in [0.2, 0.25) is 0 Å².